The number of nitrogens with one attached hydrogen (secondary N) is 1. The highest BCUT2D eigenvalue weighted by Crippen LogP contribution is 2.37. The minimum Gasteiger partial charge on any atom is -0.494 e. The molecule has 4 rings (SSSR count). The molecule has 28 heavy (non-hydrogen) atoms. The van der Waals surface area contributed by atoms with Gasteiger partial charge in [-0.3, -0.25) is 14.7 Å². The van der Waals surface area contributed by atoms with Crippen LogP contribution in [0.15, 0.2) is 60.8 Å². The predicted octanol–water partition coefficient (Wildman–Crippen LogP) is 5.21. The van der Waals surface area contributed by atoms with Crippen LogP contribution in [0.2, 0.25) is 5.02 Å². The van der Waals surface area contributed by atoms with Crippen LogP contribution in [0.3, 0.4) is 0 Å². The SMILES string of the molecule is CCOc1ccc(N2C(=O)c3cccnc3C2Nc2ccc(C)c(Cl)c2)cc1. The van der Waals surface area contributed by atoms with Gasteiger partial charge >= 0.3 is 0 Å². The Kier molecular flexibility index (Phi) is 4.92. The monoisotopic (exact) mass is 393 g/mol. The third-order valence-corrected chi connectivity index (χ3v) is 5.11. The van der Waals surface area contributed by atoms with Crippen molar-refractivity contribution in [2.24, 2.45) is 0 Å². The average Bonchev–Trinajstić information content (AvgIpc) is 2.98. The fourth-order valence-corrected chi connectivity index (χ4v) is 3.48. The predicted molar refractivity (Wildman–Crippen MR) is 111 cm³/mol. The molecule has 0 bridgehead atoms. The quantitative estimate of drug-likeness (QED) is 0.646. The Morgan fingerprint density at radius 2 is 1.96 bits per heavy atom. The number of carbonyl (C=O) groups excluding carboxylic acids is 1. The summed E-state index contributed by atoms with van der Waals surface area (Å²) in [5.74, 6) is 0.673. The summed E-state index contributed by atoms with van der Waals surface area (Å²) in [6.07, 6.45) is 1.27. The number of fused-ring (bicyclic) bond motifs is 1. The van der Waals surface area contributed by atoms with E-state index in [1.54, 1.807) is 23.2 Å². The number of aromatic nitrogens is 1. The summed E-state index contributed by atoms with van der Waals surface area (Å²) in [6.45, 7) is 4.48. The lowest BCUT2D eigenvalue weighted by molar-refractivity contribution is 0.0993. The molecule has 1 aromatic heterocycles. The normalized spacial score (nSPS) is 15.5. The molecule has 6 heteroatoms. The maximum absolute atomic E-state index is 13.1. The first kappa shape index (κ1) is 18.3. The van der Waals surface area contributed by atoms with Gasteiger partial charge in [-0.2, -0.15) is 0 Å². The van der Waals surface area contributed by atoms with Crippen molar-refractivity contribution in [2.75, 3.05) is 16.8 Å². The van der Waals surface area contributed by atoms with Gasteiger partial charge in [-0.1, -0.05) is 17.7 Å². The molecule has 0 fully saturated rings. The fraction of sp³-hybridized carbons (Fsp3) is 0.182. The van der Waals surface area contributed by atoms with Crippen molar-refractivity contribution in [1.82, 2.24) is 4.98 Å². The number of halogens is 1. The van der Waals surface area contributed by atoms with Gasteiger partial charge in [-0.05, 0) is 67.9 Å². The summed E-state index contributed by atoms with van der Waals surface area (Å²) >= 11 is 6.28. The molecule has 1 N–H and O–H groups in total. The number of pyridine rings is 1. The van der Waals surface area contributed by atoms with E-state index >= 15 is 0 Å². The minimum atomic E-state index is -0.430. The summed E-state index contributed by atoms with van der Waals surface area (Å²) in [4.78, 5) is 19.3. The van der Waals surface area contributed by atoms with Gasteiger partial charge in [0.1, 0.15) is 5.75 Å². The molecule has 0 spiro atoms. The van der Waals surface area contributed by atoms with E-state index in [2.05, 4.69) is 10.3 Å². The molecule has 142 valence electrons. The van der Waals surface area contributed by atoms with Gasteiger partial charge in [0.25, 0.3) is 5.91 Å². The van der Waals surface area contributed by atoms with Crippen LogP contribution in [0.25, 0.3) is 0 Å². The number of ether oxygens (including phenoxy) is 1. The van der Waals surface area contributed by atoms with Crippen LogP contribution in [0.4, 0.5) is 11.4 Å². The van der Waals surface area contributed by atoms with Gasteiger partial charge in [0.05, 0.1) is 17.9 Å². The van der Waals surface area contributed by atoms with Crippen molar-refractivity contribution < 1.29 is 9.53 Å². The number of anilines is 2. The largest absolute Gasteiger partial charge is 0.494 e. The molecular formula is C22H20ClN3O2. The van der Waals surface area contributed by atoms with Gasteiger partial charge in [-0.25, -0.2) is 0 Å². The first-order valence-corrected chi connectivity index (χ1v) is 9.50. The van der Waals surface area contributed by atoms with E-state index in [-0.39, 0.29) is 5.91 Å². The number of carbonyl (C=O) groups is 1. The van der Waals surface area contributed by atoms with Crippen LogP contribution in [0, 0.1) is 6.92 Å². The van der Waals surface area contributed by atoms with Crippen LogP contribution < -0.4 is 15.0 Å². The Balaban J connectivity index is 1.72. The molecule has 0 aliphatic carbocycles. The highest BCUT2D eigenvalue weighted by atomic mass is 35.5. The molecule has 5 nitrogen and oxygen atoms in total. The molecule has 1 atom stereocenters. The highest BCUT2D eigenvalue weighted by Gasteiger charge is 2.39. The number of nitrogens with zero attached hydrogens (tertiary/aromatic N) is 2. The molecular weight excluding hydrogens is 374 g/mol. The van der Waals surface area contributed by atoms with Gasteiger partial charge in [0, 0.05) is 22.6 Å². The Bertz CT molecular complexity index is 1020. The second-order valence-electron chi connectivity index (χ2n) is 6.55. The number of hydrogen-bond donors (Lipinski definition) is 1. The first-order chi connectivity index (χ1) is 13.6. The van der Waals surface area contributed by atoms with Crippen molar-refractivity contribution in [3.63, 3.8) is 0 Å². The molecule has 1 aliphatic heterocycles. The second kappa shape index (κ2) is 7.52. The van der Waals surface area contributed by atoms with Gasteiger partial charge in [-0.15, -0.1) is 0 Å². The Morgan fingerprint density at radius 1 is 1.18 bits per heavy atom. The zero-order valence-electron chi connectivity index (χ0n) is 15.6. The van der Waals surface area contributed by atoms with Crippen molar-refractivity contribution in [2.45, 2.75) is 20.0 Å². The minimum absolute atomic E-state index is 0.0945. The van der Waals surface area contributed by atoms with Crippen LogP contribution in [-0.4, -0.2) is 17.5 Å². The van der Waals surface area contributed by atoms with E-state index in [4.69, 9.17) is 16.3 Å². The maximum atomic E-state index is 13.1. The molecule has 2 aromatic carbocycles. The summed E-state index contributed by atoms with van der Waals surface area (Å²) in [5, 5.41) is 4.08. The third-order valence-electron chi connectivity index (χ3n) is 4.71. The maximum Gasteiger partial charge on any atom is 0.262 e. The van der Waals surface area contributed by atoms with Crippen LogP contribution in [0.5, 0.6) is 5.75 Å². The summed E-state index contributed by atoms with van der Waals surface area (Å²) in [7, 11) is 0. The van der Waals surface area contributed by atoms with E-state index in [0.29, 0.717) is 22.9 Å². The van der Waals surface area contributed by atoms with Gasteiger partial charge in [0.2, 0.25) is 0 Å². The third kappa shape index (κ3) is 3.29. The summed E-state index contributed by atoms with van der Waals surface area (Å²) in [5.41, 5.74) is 3.87. The van der Waals surface area contributed by atoms with Crippen molar-refractivity contribution in [3.8, 4) is 5.75 Å². The Hall–Kier alpha value is -3.05. The van der Waals surface area contributed by atoms with E-state index in [1.807, 2.05) is 56.3 Å². The van der Waals surface area contributed by atoms with Crippen molar-refractivity contribution in [1.29, 1.82) is 0 Å². The summed E-state index contributed by atoms with van der Waals surface area (Å²) < 4.78 is 5.51. The van der Waals surface area contributed by atoms with E-state index in [9.17, 15) is 4.79 Å². The average molecular weight is 394 g/mol. The molecule has 0 saturated carbocycles. The standard InChI is InChI=1S/C22H20ClN3O2/c1-3-28-17-10-8-16(9-11-17)26-21(20-18(22(26)27)5-4-12-24-20)25-15-7-6-14(2)19(23)13-15/h4-13,21,25H,3H2,1-2H3. The molecule has 3 aromatic rings. The van der Waals surface area contributed by atoms with Crippen molar-refractivity contribution in [3.05, 3.63) is 82.6 Å². The Morgan fingerprint density at radius 3 is 2.68 bits per heavy atom. The van der Waals surface area contributed by atoms with Gasteiger partial charge < -0.3 is 10.1 Å². The topological polar surface area (TPSA) is 54.5 Å². The highest BCUT2D eigenvalue weighted by molar-refractivity contribution is 6.31. The van der Waals surface area contributed by atoms with E-state index < -0.39 is 6.17 Å². The number of hydrogen-bond acceptors (Lipinski definition) is 4. The van der Waals surface area contributed by atoms with Crippen LogP contribution in [0.1, 0.15) is 34.7 Å². The lowest BCUT2D eigenvalue weighted by atomic mass is 10.2. The Labute approximate surface area is 168 Å². The van der Waals surface area contributed by atoms with Crippen LogP contribution in [-0.2, 0) is 0 Å². The van der Waals surface area contributed by atoms with Gasteiger partial charge in [0.15, 0.2) is 6.17 Å². The smallest absolute Gasteiger partial charge is 0.262 e. The molecule has 0 saturated heterocycles. The van der Waals surface area contributed by atoms with Crippen LogP contribution >= 0.6 is 11.6 Å². The van der Waals surface area contributed by atoms with E-state index in [1.165, 1.54) is 0 Å². The summed E-state index contributed by atoms with van der Waals surface area (Å²) in [6, 6.07) is 16.8. The second-order valence-corrected chi connectivity index (χ2v) is 6.96. The van der Waals surface area contributed by atoms with Crippen molar-refractivity contribution >= 4 is 28.9 Å². The zero-order valence-corrected chi connectivity index (χ0v) is 16.4. The first-order valence-electron chi connectivity index (χ1n) is 9.12. The number of benzene rings is 2. The number of aryl methyl sites for hydroxylation is 1. The molecule has 1 amide bonds. The molecule has 1 aliphatic rings. The molecule has 1 unspecified atom stereocenters. The van der Waals surface area contributed by atoms with E-state index in [0.717, 1.165) is 22.7 Å². The molecule has 2 heterocycles. The number of rotatable bonds is 5. The lowest BCUT2D eigenvalue weighted by Gasteiger charge is -2.27. The number of amides is 1. The zero-order chi connectivity index (χ0) is 19.7. The fourth-order valence-electron chi connectivity index (χ4n) is 3.29. The molecule has 0 radical (unpaired) electrons. The lowest BCUT2D eigenvalue weighted by Crippen LogP contribution is -2.32.